The molecule has 0 aliphatic carbocycles. The van der Waals surface area contributed by atoms with Gasteiger partial charge in [0.15, 0.2) is 0 Å². The predicted molar refractivity (Wildman–Crippen MR) is 99.7 cm³/mol. The lowest BCUT2D eigenvalue weighted by molar-refractivity contribution is 0.0488. The molecule has 0 spiro atoms. The number of alkyl carbamates (subject to hydrolysis) is 1. The SMILES string of the molecule is CC(C)[C@H]1CN(C(=O)OCc2ccccc2)C[C@H]1NC(=O)OC(C)(C)C. The molecule has 1 aromatic carbocycles. The molecule has 1 aliphatic rings. The maximum atomic E-state index is 12.4. The molecule has 0 bridgehead atoms. The third-order valence-corrected chi connectivity index (χ3v) is 4.39. The Morgan fingerprint density at radius 1 is 1.19 bits per heavy atom. The molecular formula is C20H30N2O4. The van der Waals surface area contributed by atoms with Gasteiger partial charge in [-0.1, -0.05) is 44.2 Å². The minimum absolute atomic E-state index is 0.144. The van der Waals surface area contributed by atoms with Crippen molar-refractivity contribution in [1.29, 1.82) is 0 Å². The van der Waals surface area contributed by atoms with Crippen molar-refractivity contribution in [3.63, 3.8) is 0 Å². The quantitative estimate of drug-likeness (QED) is 0.884. The Bertz CT molecular complexity index is 610. The van der Waals surface area contributed by atoms with Crippen LogP contribution in [0.25, 0.3) is 0 Å². The van der Waals surface area contributed by atoms with Crippen LogP contribution in [0, 0.1) is 11.8 Å². The Hall–Kier alpha value is -2.24. The van der Waals surface area contributed by atoms with Crippen molar-refractivity contribution in [2.45, 2.75) is 52.9 Å². The van der Waals surface area contributed by atoms with Crippen LogP contribution in [0.2, 0.25) is 0 Å². The van der Waals surface area contributed by atoms with E-state index < -0.39 is 11.7 Å². The lowest BCUT2D eigenvalue weighted by Gasteiger charge is -2.25. The topological polar surface area (TPSA) is 67.9 Å². The van der Waals surface area contributed by atoms with E-state index in [2.05, 4.69) is 19.2 Å². The third-order valence-electron chi connectivity index (χ3n) is 4.39. The van der Waals surface area contributed by atoms with Gasteiger partial charge in [0.2, 0.25) is 0 Å². The first-order valence-corrected chi connectivity index (χ1v) is 9.11. The summed E-state index contributed by atoms with van der Waals surface area (Å²) in [5, 5.41) is 2.91. The van der Waals surface area contributed by atoms with Crippen LogP contribution < -0.4 is 5.32 Å². The van der Waals surface area contributed by atoms with Crippen molar-refractivity contribution in [3.05, 3.63) is 35.9 Å². The van der Waals surface area contributed by atoms with Gasteiger partial charge in [0.25, 0.3) is 0 Å². The number of nitrogens with zero attached hydrogens (tertiary/aromatic N) is 1. The number of benzene rings is 1. The monoisotopic (exact) mass is 362 g/mol. The number of carbonyl (C=O) groups excluding carboxylic acids is 2. The lowest BCUT2D eigenvalue weighted by Crippen LogP contribution is -2.44. The van der Waals surface area contributed by atoms with E-state index >= 15 is 0 Å². The van der Waals surface area contributed by atoms with Crippen LogP contribution in [-0.2, 0) is 16.1 Å². The minimum Gasteiger partial charge on any atom is -0.445 e. The van der Waals surface area contributed by atoms with Crippen molar-refractivity contribution >= 4 is 12.2 Å². The van der Waals surface area contributed by atoms with Crippen LogP contribution in [-0.4, -0.2) is 41.8 Å². The Kier molecular flexibility index (Phi) is 6.51. The summed E-state index contributed by atoms with van der Waals surface area (Å²) in [5.74, 6) is 0.480. The van der Waals surface area contributed by atoms with Gasteiger partial charge >= 0.3 is 12.2 Å². The van der Waals surface area contributed by atoms with Crippen LogP contribution >= 0.6 is 0 Å². The van der Waals surface area contributed by atoms with Gasteiger partial charge in [-0.05, 0) is 32.3 Å². The molecule has 2 rings (SSSR count). The van der Waals surface area contributed by atoms with E-state index in [-0.39, 0.29) is 24.7 Å². The molecule has 0 radical (unpaired) electrons. The van der Waals surface area contributed by atoms with Crippen LogP contribution in [0.15, 0.2) is 30.3 Å². The molecule has 1 fully saturated rings. The fraction of sp³-hybridized carbons (Fsp3) is 0.600. The average Bonchev–Trinajstić information content (AvgIpc) is 2.95. The van der Waals surface area contributed by atoms with Gasteiger partial charge in [-0.3, -0.25) is 0 Å². The zero-order valence-corrected chi connectivity index (χ0v) is 16.3. The van der Waals surface area contributed by atoms with Crippen LogP contribution in [0.5, 0.6) is 0 Å². The summed E-state index contributed by atoms with van der Waals surface area (Å²) in [6.45, 7) is 10.9. The van der Waals surface area contributed by atoms with Gasteiger partial charge < -0.3 is 19.7 Å². The molecule has 6 heteroatoms. The molecule has 1 saturated heterocycles. The average molecular weight is 362 g/mol. The van der Waals surface area contributed by atoms with E-state index in [1.807, 2.05) is 51.1 Å². The highest BCUT2D eigenvalue weighted by Gasteiger charge is 2.39. The Morgan fingerprint density at radius 3 is 2.42 bits per heavy atom. The first-order valence-electron chi connectivity index (χ1n) is 9.11. The highest BCUT2D eigenvalue weighted by molar-refractivity contribution is 5.70. The summed E-state index contributed by atoms with van der Waals surface area (Å²) in [5.41, 5.74) is 0.397. The molecule has 1 N–H and O–H groups in total. The molecule has 1 aromatic rings. The summed E-state index contributed by atoms with van der Waals surface area (Å²) in [7, 11) is 0. The summed E-state index contributed by atoms with van der Waals surface area (Å²) in [6.07, 6.45) is -0.805. The van der Waals surface area contributed by atoms with Crippen LogP contribution in [0.1, 0.15) is 40.2 Å². The second kappa shape index (κ2) is 8.43. The maximum Gasteiger partial charge on any atom is 0.410 e. The molecule has 2 amide bonds. The number of hydrogen-bond donors (Lipinski definition) is 1. The van der Waals surface area contributed by atoms with Crippen molar-refractivity contribution in [3.8, 4) is 0 Å². The number of carbonyl (C=O) groups is 2. The van der Waals surface area contributed by atoms with E-state index in [0.29, 0.717) is 19.0 Å². The fourth-order valence-corrected chi connectivity index (χ4v) is 3.08. The molecule has 6 nitrogen and oxygen atoms in total. The summed E-state index contributed by atoms with van der Waals surface area (Å²) < 4.78 is 10.8. The summed E-state index contributed by atoms with van der Waals surface area (Å²) in [6, 6.07) is 9.44. The van der Waals surface area contributed by atoms with Crippen LogP contribution in [0.4, 0.5) is 9.59 Å². The van der Waals surface area contributed by atoms with Gasteiger partial charge in [0.1, 0.15) is 12.2 Å². The molecule has 0 unspecified atom stereocenters. The smallest absolute Gasteiger partial charge is 0.410 e. The zero-order chi connectivity index (χ0) is 19.3. The lowest BCUT2D eigenvalue weighted by atomic mass is 9.91. The van der Waals surface area contributed by atoms with Crippen molar-refractivity contribution < 1.29 is 19.1 Å². The predicted octanol–water partition coefficient (Wildman–Crippen LogP) is 3.80. The second-order valence-corrected chi connectivity index (χ2v) is 8.11. The number of hydrogen-bond acceptors (Lipinski definition) is 4. The van der Waals surface area contributed by atoms with E-state index in [1.54, 1.807) is 4.90 Å². The first-order chi connectivity index (χ1) is 12.2. The first kappa shape index (κ1) is 20.1. The fourth-order valence-electron chi connectivity index (χ4n) is 3.08. The highest BCUT2D eigenvalue weighted by Crippen LogP contribution is 2.25. The molecule has 2 atom stereocenters. The van der Waals surface area contributed by atoms with Crippen LogP contribution in [0.3, 0.4) is 0 Å². The molecule has 0 aromatic heterocycles. The molecular weight excluding hydrogens is 332 g/mol. The standard InChI is InChI=1S/C20H30N2O4/c1-14(2)16-11-22(12-17(16)21-18(23)26-20(3,4)5)19(24)25-13-15-9-7-6-8-10-15/h6-10,14,16-17H,11-13H2,1-5H3,(H,21,23)/t16-,17-/m1/s1. The van der Waals surface area contributed by atoms with Gasteiger partial charge in [-0.15, -0.1) is 0 Å². The second-order valence-electron chi connectivity index (χ2n) is 8.11. The number of amides is 2. The largest absolute Gasteiger partial charge is 0.445 e. The van der Waals surface area contributed by atoms with E-state index in [0.717, 1.165) is 5.56 Å². The number of likely N-dealkylation sites (tertiary alicyclic amines) is 1. The number of nitrogens with one attached hydrogen (secondary N) is 1. The van der Waals surface area contributed by atoms with Gasteiger partial charge in [-0.25, -0.2) is 9.59 Å². The molecule has 1 heterocycles. The molecule has 26 heavy (non-hydrogen) atoms. The normalized spacial score (nSPS) is 20.2. The Labute approximate surface area is 155 Å². The zero-order valence-electron chi connectivity index (χ0n) is 16.3. The Morgan fingerprint density at radius 2 is 1.85 bits per heavy atom. The van der Waals surface area contributed by atoms with Gasteiger partial charge in [-0.2, -0.15) is 0 Å². The van der Waals surface area contributed by atoms with E-state index in [9.17, 15) is 9.59 Å². The minimum atomic E-state index is -0.551. The van der Waals surface area contributed by atoms with Gasteiger partial charge in [0.05, 0.1) is 6.04 Å². The maximum absolute atomic E-state index is 12.4. The molecule has 144 valence electrons. The third kappa shape index (κ3) is 5.93. The van der Waals surface area contributed by atoms with Crippen molar-refractivity contribution in [1.82, 2.24) is 10.2 Å². The van der Waals surface area contributed by atoms with Crippen molar-refractivity contribution in [2.75, 3.05) is 13.1 Å². The van der Waals surface area contributed by atoms with Crippen molar-refractivity contribution in [2.24, 2.45) is 11.8 Å². The summed E-state index contributed by atoms with van der Waals surface area (Å²) in [4.78, 5) is 26.2. The molecule has 1 aliphatic heterocycles. The van der Waals surface area contributed by atoms with E-state index in [1.165, 1.54) is 0 Å². The highest BCUT2D eigenvalue weighted by atomic mass is 16.6. The molecule has 0 saturated carbocycles. The van der Waals surface area contributed by atoms with E-state index in [4.69, 9.17) is 9.47 Å². The Balaban J connectivity index is 1.92. The van der Waals surface area contributed by atoms with Gasteiger partial charge in [0, 0.05) is 19.0 Å². The summed E-state index contributed by atoms with van der Waals surface area (Å²) >= 11 is 0. The number of ether oxygens (including phenoxy) is 2. The number of rotatable bonds is 4.